The number of aromatic hydroxyl groups is 1. The van der Waals surface area contributed by atoms with Gasteiger partial charge in [-0.05, 0) is 68.2 Å². The zero-order valence-corrected chi connectivity index (χ0v) is 17.6. The Bertz CT molecular complexity index is 949. The first-order chi connectivity index (χ1) is 14.0. The fourth-order valence-electron chi connectivity index (χ4n) is 6.39. The third kappa shape index (κ3) is 2.89. The Hall–Kier alpha value is -1.41. The molecule has 1 aromatic rings. The third-order valence-electron chi connectivity index (χ3n) is 7.71. The summed E-state index contributed by atoms with van der Waals surface area (Å²) in [5.74, 6) is 1.64. The lowest BCUT2D eigenvalue weighted by atomic mass is 9.48. The molecule has 1 saturated heterocycles. The first-order valence-electron chi connectivity index (χ1n) is 10.5. The molecule has 0 aromatic heterocycles. The van der Waals surface area contributed by atoms with Crippen molar-refractivity contribution in [2.75, 3.05) is 13.1 Å². The summed E-state index contributed by atoms with van der Waals surface area (Å²) in [5.41, 5.74) is 2.21. The molecule has 0 radical (unpaired) electrons. The number of rotatable bonds is 2. The van der Waals surface area contributed by atoms with Crippen LogP contribution in [0.5, 0.6) is 11.5 Å². The second kappa shape index (κ2) is 6.55. The summed E-state index contributed by atoms with van der Waals surface area (Å²) < 4.78 is 15.2. The summed E-state index contributed by atoms with van der Waals surface area (Å²) in [6.07, 6.45) is 5.79. The number of piperidine rings is 1. The average molecular weight is 437 g/mol. The highest BCUT2D eigenvalue weighted by molar-refractivity contribution is 7.45. The highest BCUT2D eigenvalue weighted by Crippen LogP contribution is 2.66. The number of ether oxygens (including phenoxy) is 1. The van der Waals surface area contributed by atoms with Gasteiger partial charge in [-0.1, -0.05) is 12.6 Å². The summed E-state index contributed by atoms with van der Waals surface area (Å²) >= 11 is 0. The predicted molar refractivity (Wildman–Crippen MR) is 108 cm³/mol. The third-order valence-corrected chi connectivity index (χ3v) is 7.71. The zero-order valence-electron chi connectivity index (χ0n) is 16.7. The molecule has 6 rings (SSSR count). The van der Waals surface area contributed by atoms with Gasteiger partial charge in [0.2, 0.25) is 0 Å². The van der Waals surface area contributed by atoms with E-state index in [0.29, 0.717) is 5.75 Å². The maximum atomic E-state index is 12.1. The van der Waals surface area contributed by atoms with E-state index in [1.165, 1.54) is 18.4 Å². The number of likely N-dealkylation sites (tertiary alicyclic amines) is 1. The molecule has 3 fully saturated rings. The minimum absolute atomic E-state index is 0.157. The Morgan fingerprint density at radius 1 is 1.23 bits per heavy atom. The van der Waals surface area contributed by atoms with Crippen LogP contribution in [0.25, 0.3) is 0 Å². The summed E-state index contributed by atoms with van der Waals surface area (Å²) in [5, 5.41) is 22.5. The van der Waals surface area contributed by atoms with Crippen molar-refractivity contribution < 1.29 is 34.2 Å². The van der Waals surface area contributed by atoms with E-state index in [1.807, 2.05) is 6.07 Å². The largest absolute Gasteiger partial charge is 0.504 e. The molecular formula is C21H28NO7P. The van der Waals surface area contributed by atoms with E-state index in [4.69, 9.17) is 24.0 Å². The Balaban J connectivity index is 0.000000349. The van der Waals surface area contributed by atoms with E-state index in [-0.39, 0.29) is 17.9 Å². The number of hydrogen-bond acceptors (Lipinski definition) is 5. The maximum Gasteiger partial charge on any atom is 0.466 e. The number of nitrogens with zero attached hydrogens (tertiary/aromatic N) is 1. The van der Waals surface area contributed by atoms with E-state index in [1.54, 1.807) is 6.07 Å². The molecule has 2 saturated carbocycles. The molecule has 5 aliphatic rings. The first kappa shape index (κ1) is 20.5. The molecule has 30 heavy (non-hydrogen) atoms. The molecule has 164 valence electrons. The first-order valence-corrected chi connectivity index (χ1v) is 12.1. The summed E-state index contributed by atoms with van der Waals surface area (Å²) in [6.45, 7) is 6.40. The highest BCUT2D eigenvalue weighted by atomic mass is 31.2. The van der Waals surface area contributed by atoms with Crippen LogP contribution in [0.4, 0.5) is 0 Å². The van der Waals surface area contributed by atoms with E-state index >= 15 is 0 Å². The predicted octanol–water partition coefficient (Wildman–Crippen LogP) is 1.58. The Kier molecular flexibility index (Phi) is 4.47. The topological polar surface area (TPSA) is 131 Å². The second-order valence-electron chi connectivity index (χ2n) is 9.42. The van der Waals surface area contributed by atoms with Gasteiger partial charge in [0.25, 0.3) is 0 Å². The molecule has 1 aromatic carbocycles. The summed E-state index contributed by atoms with van der Waals surface area (Å²) in [4.78, 5) is 24.1. The van der Waals surface area contributed by atoms with Crippen LogP contribution in [-0.2, 0) is 16.4 Å². The molecule has 2 aliphatic heterocycles. The van der Waals surface area contributed by atoms with Crippen molar-refractivity contribution in [2.45, 2.75) is 61.7 Å². The van der Waals surface area contributed by atoms with Crippen molar-refractivity contribution in [3.05, 3.63) is 35.4 Å². The summed E-state index contributed by atoms with van der Waals surface area (Å²) in [6, 6.07) is 3.96. The van der Waals surface area contributed by atoms with Crippen molar-refractivity contribution in [3.63, 3.8) is 0 Å². The minimum atomic E-state index is -4.64. The van der Waals surface area contributed by atoms with Crippen molar-refractivity contribution in [1.29, 1.82) is 0 Å². The normalized spacial score (nSPS) is 36.5. The van der Waals surface area contributed by atoms with E-state index in [2.05, 4.69) is 11.5 Å². The van der Waals surface area contributed by atoms with Gasteiger partial charge in [0.05, 0.1) is 11.0 Å². The van der Waals surface area contributed by atoms with Gasteiger partial charge >= 0.3 is 7.82 Å². The Morgan fingerprint density at radius 2 is 1.93 bits per heavy atom. The van der Waals surface area contributed by atoms with Crippen LogP contribution in [0.15, 0.2) is 24.3 Å². The number of phenolic OH excluding ortho intramolecular Hbond substituents is 1. The highest BCUT2D eigenvalue weighted by Gasteiger charge is 2.71. The molecule has 5 N–H and O–H groups in total. The Morgan fingerprint density at radius 3 is 2.60 bits per heavy atom. The monoisotopic (exact) mass is 437 g/mol. The SMILES string of the molecule is C=C1CC[C@@]2(O)[C@H]3Cc4ccc(O)c5c4[C@@]2(CCN3CC2CC2)[C@H]1O5.O=P(O)(O)O. The zero-order chi connectivity index (χ0) is 21.5. The number of hydrogen-bond donors (Lipinski definition) is 5. The summed E-state index contributed by atoms with van der Waals surface area (Å²) in [7, 11) is -4.64. The molecule has 0 amide bonds. The van der Waals surface area contributed by atoms with Crippen molar-refractivity contribution in [1.82, 2.24) is 4.90 Å². The fourth-order valence-corrected chi connectivity index (χ4v) is 6.39. The number of benzene rings is 1. The van der Waals surface area contributed by atoms with Crippen LogP contribution >= 0.6 is 7.82 Å². The van der Waals surface area contributed by atoms with E-state index in [0.717, 1.165) is 55.8 Å². The fraction of sp³-hybridized carbons (Fsp3) is 0.619. The number of phosphoric acid groups is 1. The van der Waals surface area contributed by atoms with Gasteiger partial charge in [-0.2, -0.15) is 0 Å². The minimum Gasteiger partial charge on any atom is -0.504 e. The molecule has 3 aliphatic carbocycles. The maximum absolute atomic E-state index is 12.1. The lowest BCUT2D eigenvalue weighted by Gasteiger charge is -2.63. The van der Waals surface area contributed by atoms with Crippen molar-refractivity contribution >= 4 is 7.82 Å². The van der Waals surface area contributed by atoms with E-state index in [9.17, 15) is 10.2 Å². The van der Waals surface area contributed by atoms with Gasteiger partial charge in [0.1, 0.15) is 6.10 Å². The average Bonchev–Trinajstić information content (AvgIpc) is 3.38. The lowest BCUT2D eigenvalue weighted by molar-refractivity contribution is -0.174. The van der Waals surface area contributed by atoms with Crippen LogP contribution in [0.1, 0.15) is 43.2 Å². The second-order valence-corrected chi connectivity index (χ2v) is 10.4. The Labute approximate surface area is 175 Å². The van der Waals surface area contributed by atoms with Gasteiger partial charge in [-0.15, -0.1) is 0 Å². The molecule has 9 heteroatoms. The molecule has 2 heterocycles. The van der Waals surface area contributed by atoms with Crippen molar-refractivity contribution in [2.24, 2.45) is 5.92 Å². The van der Waals surface area contributed by atoms with Gasteiger partial charge < -0.3 is 29.6 Å². The lowest BCUT2D eigenvalue weighted by Crippen LogP contribution is -2.75. The van der Waals surface area contributed by atoms with Gasteiger partial charge in [-0.25, -0.2) is 4.57 Å². The standard InChI is InChI=1S/C21H25NO3.H3O4P/c1-12-6-7-21(24)16-10-14-4-5-15(23)18-17(14)20(21,19(12)25-18)8-9-22(16)11-13-2-3-13;1-5(2,3)4/h4-5,13,16,19,23-24H,1-3,6-11H2;(H3,1,2,3,4)/t16-,19+,20+,21-;/m1./s1. The molecule has 1 spiro atoms. The van der Waals surface area contributed by atoms with Crippen molar-refractivity contribution in [3.8, 4) is 11.5 Å². The molecule has 0 unspecified atom stereocenters. The van der Waals surface area contributed by atoms with Crippen LogP contribution in [-0.4, -0.2) is 60.6 Å². The number of phenols is 1. The van der Waals surface area contributed by atoms with Crippen LogP contribution in [0.3, 0.4) is 0 Å². The van der Waals surface area contributed by atoms with Crippen LogP contribution in [0, 0.1) is 5.92 Å². The van der Waals surface area contributed by atoms with Crippen LogP contribution < -0.4 is 4.74 Å². The molecule has 2 bridgehead atoms. The smallest absolute Gasteiger partial charge is 0.466 e. The van der Waals surface area contributed by atoms with E-state index < -0.39 is 18.8 Å². The van der Waals surface area contributed by atoms with Crippen LogP contribution in [0.2, 0.25) is 0 Å². The molecule has 8 nitrogen and oxygen atoms in total. The molecule has 4 atom stereocenters. The number of aliphatic hydroxyl groups is 1. The van der Waals surface area contributed by atoms with Gasteiger partial charge in [-0.3, -0.25) is 4.90 Å². The van der Waals surface area contributed by atoms with Gasteiger partial charge in [0, 0.05) is 18.2 Å². The quantitative estimate of drug-likeness (QED) is 0.348. The van der Waals surface area contributed by atoms with Gasteiger partial charge in [0.15, 0.2) is 11.5 Å². The molecular weight excluding hydrogens is 409 g/mol.